The highest BCUT2D eigenvalue weighted by Gasteiger charge is 2.12. The van der Waals surface area contributed by atoms with Crippen molar-refractivity contribution in [2.24, 2.45) is 0 Å². The van der Waals surface area contributed by atoms with Crippen LogP contribution < -0.4 is 5.69 Å². The Hall–Kier alpha value is -2.37. The third-order valence-electron chi connectivity index (χ3n) is 2.41. The SMILES string of the molecule is CCc1ccc(-n2nc(C(=O)O)[nH]c2=O)cc1. The molecule has 17 heavy (non-hydrogen) atoms. The molecule has 1 aromatic heterocycles. The first kappa shape index (κ1) is 11.1. The lowest BCUT2D eigenvalue weighted by molar-refractivity contribution is 0.0683. The number of carboxylic acids is 1. The van der Waals surface area contributed by atoms with Gasteiger partial charge in [0.1, 0.15) is 0 Å². The summed E-state index contributed by atoms with van der Waals surface area (Å²) in [6.07, 6.45) is 0.899. The molecule has 6 nitrogen and oxygen atoms in total. The van der Waals surface area contributed by atoms with Crippen molar-refractivity contribution in [1.29, 1.82) is 0 Å². The van der Waals surface area contributed by atoms with Crippen LogP contribution in [-0.4, -0.2) is 25.8 Å². The highest BCUT2D eigenvalue weighted by Crippen LogP contribution is 2.07. The molecule has 2 rings (SSSR count). The molecule has 88 valence electrons. The molecule has 6 heteroatoms. The zero-order valence-electron chi connectivity index (χ0n) is 9.17. The van der Waals surface area contributed by atoms with Crippen molar-refractivity contribution >= 4 is 5.97 Å². The molecule has 0 fully saturated rings. The van der Waals surface area contributed by atoms with E-state index < -0.39 is 11.7 Å². The maximum Gasteiger partial charge on any atom is 0.373 e. The van der Waals surface area contributed by atoms with E-state index in [-0.39, 0.29) is 5.82 Å². The molecule has 0 aliphatic heterocycles. The predicted molar refractivity (Wildman–Crippen MR) is 60.5 cm³/mol. The van der Waals surface area contributed by atoms with Crippen LogP contribution in [0.2, 0.25) is 0 Å². The molecule has 0 saturated heterocycles. The van der Waals surface area contributed by atoms with Gasteiger partial charge in [-0.2, -0.15) is 4.68 Å². The number of H-pyrrole nitrogens is 1. The van der Waals surface area contributed by atoms with Crippen molar-refractivity contribution < 1.29 is 9.90 Å². The number of aromatic carboxylic acids is 1. The lowest BCUT2D eigenvalue weighted by Gasteiger charge is -2.00. The van der Waals surface area contributed by atoms with Crippen LogP contribution in [0, 0.1) is 0 Å². The van der Waals surface area contributed by atoms with Crippen LogP contribution >= 0.6 is 0 Å². The number of aromatic nitrogens is 3. The molecule has 0 aliphatic carbocycles. The second-order valence-corrected chi connectivity index (χ2v) is 3.52. The summed E-state index contributed by atoms with van der Waals surface area (Å²) in [5.41, 5.74) is 1.11. The van der Waals surface area contributed by atoms with Gasteiger partial charge in [0, 0.05) is 0 Å². The lowest BCUT2D eigenvalue weighted by atomic mass is 10.1. The number of hydrogen-bond acceptors (Lipinski definition) is 3. The van der Waals surface area contributed by atoms with Crippen LogP contribution in [0.5, 0.6) is 0 Å². The van der Waals surface area contributed by atoms with Gasteiger partial charge < -0.3 is 5.11 Å². The van der Waals surface area contributed by atoms with E-state index in [0.29, 0.717) is 5.69 Å². The molecule has 0 saturated carbocycles. The fraction of sp³-hybridized carbons (Fsp3) is 0.182. The number of rotatable bonds is 3. The first-order chi connectivity index (χ1) is 8.11. The Labute approximate surface area is 96.5 Å². The third-order valence-corrected chi connectivity index (χ3v) is 2.41. The number of aryl methyl sites for hydroxylation is 1. The van der Waals surface area contributed by atoms with Crippen LogP contribution in [0.25, 0.3) is 5.69 Å². The van der Waals surface area contributed by atoms with Crippen LogP contribution in [0.15, 0.2) is 29.1 Å². The Morgan fingerprint density at radius 2 is 2.06 bits per heavy atom. The smallest absolute Gasteiger partial charge is 0.373 e. The number of aromatic amines is 1. The standard InChI is InChI=1S/C11H11N3O3/c1-2-7-3-5-8(6-4-7)14-11(17)12-9(13-14)10(15)16/h3-6H,2H2,1H3,(H,15,16)(H,12,13,17). The summed E-state index contributed by atoms with van der Waals surface area (Å²) in [6, 6.07) is 7.20. The van der Waals surface area contributed by atoms with Gasteiger partial charge >= 0.3 is 11.7 Å². The highest BCUT2D eigenvalue weighted by molar-refractivity contribution is 5.82. The maximum absolute atomic E-state index is 11.5. The number of nitrogens with zero attached hydrogens (tertiary/aromatic N) is 2. The molecule has 1 heterocycles. The fourth-order valence-electron chi connectivity index (χ4n) is 1.47. The maximum atomic E-state index is 11.5. The van der Waals surface area contributed by atoms with Crippen LogP contribution in [0.4, 0.5) is 0 Å². The van der Waals surface area contributed by atoms with Crippen molar-refractivity contribution in [2.45, 2.75) is 13.3 Å². The van der Waals surface area contributed by atoms with E-state index in [1.54, 1.807) is 12.1 Å². The normalized spacial score (nSPS) is 10.4. The Morgan fingerprint density at radius 1 is 1.41 bits per heavy atom. The molecule has 2 aromatic rings. The Balaban J connectivity index is 2.45. The monoisotopic (exact) mass is 233 g/mol. The molecule has 0 spiro atoms. The van der Waals surface area contributed by atoms with E-state index in [1.165, 1.54) is 0 Å². The number of nitrogens with one attached hydrogen (secondary N) is 1. The van der Waals surface area contributed by atoms with E-state index in [1.807, 2.05) is 19.1 Å². The van der Waals surface area contributed by atoms with Crippen LogP contribution in [-0.2, 0) is 6.42 Å². The fourth-order valence-corrected chi connectivity index (χ4v) is 1.47. The molecule has 2 N–H and O–H groups in total. The summed E-state index contributed by atoms with van der Waals surface area (Å²) in [4.78, 5) is 24.3. The van der Waals surface area contributed by atoms with E-state index in [2.05, 4.69) is 10.1 Å². The van der Waals surface area contributed by atoms with E-state index >= 15 is 0 Å². The average Bonchev–Trinajstić information content (AvgIpc) is 2.72. The zero-order valence-corrected chi connectivity index (χ0v) is 9.17. The second-order valence-electron chi connectivity index (χ2n) is 3.52. The van der Waals surface area contributed by atoms with Crippen molar-refractivity contribution in [3.05, 3.63) is 46.1 Å². The van der Waals surface area contributed by atoms with Gasteiger partial charge in [-0.25, -0.2) is 9.59 Å². The minimum Gasteiger partial charge on any atom is -0.475 e. The Kier molecular flexibility index (Phi) is 2.78. The molecule has 0 aliphatic rings. The zero-order chi connectivity index (χ0) is 12.4. The van der Waals surface area contributed by atoms with E-state index in [4.69, 9.17) is 5.11 Å². The Bertz CT molecular complexity index is 595. The second kappa shape index (κ2) is 4.25. The molecule has 0 amide bonds. The van der Waals surface area contributed by atoms with Crippen molar-refractivity contribution in [2.75, 3.05) is 0 Å². The van der Waals surface area contributed by atoms with E-state index in [0.717, 1.165) is 16.7 Å². The molecule has 0 bridgehead atoms. The summed E-state index contributed by atoms with van der Waals surface area (Å²) in [6.45, 7) is 2.03. The topological polar surface area (TPSA) is 88.0 Å². The van der Waals surface area contributed by atoms with Crippen LogP contribution in [0.3, 0.4) is 0 Å². The molecule has 0 radical (unpaired) electrons. The quantitative estimate of drug-likeness (QED) is 0.821. The predicted octanol–water partition coefficient (Wildman–Crippen LogP) is 0.821. The molecular formula is C11H11N3O3. The molecule has 1 aromatic carbocycles. The van der Waals surface area contributed by atoms with Crippen molar-refractivity contribution in [3.63, 3.8) is 0 Å². The summed E-state index contributed by atoms with van der Waals surface area (Å²) in [5.74, 6) is -1.62. The van der Waals surface area contributed by atoms with Gasteiger partial charge in [-0.1, -0.05) is 19.1 Å². The first-order valence-corrected chi connectivity index (χ1v) is 5.13. The summed E-state index contributed by atoms with van der Waals surface area (Å²) in [7, 11) is 0. The van der Waals surface area contributed by atoms with Gasteiger partial charge in [0.2, 0.25) is 5.82 Å². The van der Waals surface area contributed by atoms with Gasteiger partial charge in [0.25, 0.3) is 0 Å². The summed E-state index contributed by atoms with van der Waals surface area (Å²) in [5, 5.41) is 12.4. The highest BCUT2D eigenvalue weighted by atomic mass is 16.4. The number of carbonyl (C=O) groups is 1. The van der Waals surface area contributed by atoms with Gasteiger partial charge in [-0.05, 0) is 24.1 Å². The minimum absolute atomic E-state index is 0.366. The van der Waals surface area contributed by atoms with Crippen molar-refractivity contribution in [3.8, 4) is 5.69 Å². The number of carboxylic acid groups (broad SMARTS) is 1. The van der Waals surface area contributed by atoms with Gasteiger partial charge in [0.15, 0.2) is 0 Å². The number of hydrogen-bond donors (Lipinski definition) is 2. The molecule has 0 atom stereocenters. The van der Waals surface area contributed by atoms with Crippen LogP contribution in [0.1, 0.15) is 23.1 Å². The summed E-state index contributed by atoms with van der Waals surface area (Å²) >= 11 is 0. The largest absolute Gasteiger partial charge is 0.475 e. The van der Waals surface area contributed by atoms with Gasteiger partial charge in [0.05, 0.1) is 5.69 Å². The third kappa shape index (κ3) is 2.10. The Morgan fingerprint density at radius 3 is 2.53 bits per heavy atom. The van der Waals surface area contributed by atoms with Crippen molar-refractivity contribution in [1.82, 2.24) is 14.8 Å². The van der Waals surface area contributed by atoms with Gasteiger partial charge in [-0.3, -0.25) is 4.98 Å². The number of benzene rings is 1. The average molecular weight is 233 g/mol. The first-order valence-electron chi connectivity index (χ1n) is 5.13. The van der Waals surface area contributed by atoms with E-state index in [9.17, 15) is 9.59 Å². The minimum atomic E-state index is -1.26. The molecular weight excluding hydrogens is 222 g/mol. The summed E-state index contributed by atoms with van der Waals surface area (Å²) < 4.78 is 1.03. The lowest BCUT2D eigenvalue weighted by Crippen LogP contribution is -2.15. The van der Waals surface area contributed by atoms with Gasteiger partial charge in [-0.15, -0.1) is 5.10 Å². The molecule has 0 unspecified atom stereocenters.